The van der Waals surface area contributed by atoms with Crippen molar-refractivity contribution in [2.75, 3.05) is 32.4 Å². The Hall–Kier alpha value is -4.48. The summed E-state index contributed by atoms with van der Waals surface area (Å²) in [4.78, 5) is 37.5. The average molecular weight is 485 g/mol. The molecule has 0 saturated heterocycles. The van der Waals surface area contributed by atoms with Crippen molar-refractivity contribution in [3.05, 3.63) is 47.5 Å². The van der Waals surface area contributed by atoms with Gasteiger partial charge in [-0.05, 0) is 42.8 Å². The number of hydrogen-bond donors (Lipinski definition) is 4. The first-order valence-corrected chi connectivity index (χ1v) is 10.7. The third-order valence-electron chi connectivity index (χ3n) is 4.90. The molecule has 35 heavy (non-hydrogen) atoms. The molecule has 12 heteroatoms. The maximum atomic E-state index is 12.6. The molecule has 1 unspecified atom stereocenters. The molecule has 0 spiro atoms. The molecule has 186 valence electrons. The van der Waals surface area contributed by atoms with Gasteiger partial charge in [0.05, 0.1) is 20.3 Å². The van der Waals surface area contributed by atoms with Gasteiger partial charge in [-0.3, -0.25) is 9.59 Å². The molecule has 1 atom stereocenters. The van der Waals surface area contributed by atoms with E-state index in [1.807, 2.05) is 0 Å². The SMILES string of the molecule is CCOC(=O)C(Cc1cc(OC)c2c(c1)OCO2)NC(=O)CNC(=O)c1cccc(NC=NN)c1. The molecule has 1 heterocycles. The summed E-state index contributed by atoms with van der Waals surface area (Å²) in [5.74, 6) is 4.82. The van der Waals surface area contributed by atoms with Crippen LogP contribution in [-0.4, -0.2) is 57.2 Å². The molecule has 0 radical (unpaired) electrons. The Morgan fingerprint density at radius 3 is 2.80 bits per heavy atom. The van der Waals surface area contributed by atoms with Gasteiger partial charge in [0.1, 0.15) is 12.4 Å². The van der Waals surface area contributed by atoms with E-state index in [2.05, 4.69) is 21.1 Å². The van der Waals surface area contributed by atoms with Crippen molar-refractivity contribution < 1.29 is 33.3 Å². The van der Waals surface area contributed by atoms with Crippen LogP contribution in [-0.2, 0) is 20.7 Å². The van der Waals surface area contributed by atoms with Crippen molar-refractivity contribution >= 4 is 29.8 Å². The van der Waals surface area contributed by atoms with Gasteiger partial charge in [0.15, 0.2) is 11.5 Å². The highest BCUT2D eigenvalue weighted by atomic mass is 16.7. The van der Waals surface area contributed by atoms with Gasteiger partial charge in [0.25, 0.3) is 5.91 Å². The van der Waals surface area contributed by atoms with E-state index >= 15 is 0 Å². The number of rotatable bonds is 11. The number of carbonyl (C=O) groups is 3. The van der Waals surface area contributed by atoms with Crippen molar-refractivity contribution in [2.24, 2.45) is 10.9 Å². The quantitative estimate of drug-likeness (QED) is 0.118. The van der Waals surface area contributed by atoms with Gasteiger partial charge in [0.2, 0.25) is 18.4 Å². The lowest BCUT2D eigenvalue weighted by molar-refractivity contribution is -0.147. The van der Waals surface area contributed by atoms with E-state index in [1.54, 1.807) is 43.3 Å². The Kier molecular flexibility index (Phi) is 8.70. The van der Waals surface area contributed by atoms with E-state index in [9.17, 15) is 14.4 Å². The van der Waals surface area contributed by atoms with Crippen LogP contribution in [0.3, 0.4) is 0 Å². The van der Waals surface area contributed by atoms with Gasteiger partial charge >= 0.3 is 5.97 Å². The van der Waals surface area contributed by atoms with Crippen molar-refractivity contribution in [1.82, 2.24) is 10.6 Å². The van der Waals surface area contributed by atoms with Crippen molar-refractivity contribution in [1.29, 1.82) is 0 Å². The number of carbonyl (C=O) groups excluding carboxylic acids is 3. The minimum Gasteiger partial charge on any atom is -0.493 e. The van der Waals surface area contributed by atoms with Gasteiger partial charge in [-0.1, -0.05) is 6.07 Å². The highest BCUT2D eigenvalue weighted by Gasteiger charge is 2.26. The van der Waals surface area contributed by atoms with E-state index in [4.69, 9.17) is 24.8 Å². The summed E-state index contributed by atoms with van der Waals surface area (Å²) < 4.78 is 21.2. The topological polar surface area (TPSA) is 163 Å². The minimum atomic E-state index is -0.993. The van der Waals surface area contributed by atoms with Crippen LogP contribution in [0.2, 0.25) is 0 Å². The van der Waals surface area contributed by atoms with Gasteiger partial charge in [-0.25, -0.2) is 4.79 Å². The van der Waals surface area contributed by atoms with Gasteiger partial charge in [0, 0.05) is 17.7 Å². The second-order valence-corrected chi connectivity index (χ2v) is 7.29. The number of anilines is 1. The number of amides is 2. The molecule has 0 bridgehead atoms. The molecule has 0 aliphatic carbocycles. The molecule has 1 aliphatic rings. The standard InChI is InChI=1S/C23H27N5O7/c1-3-33-23(31)17(7-14-8-18(32-2)21-19(9-14)34-13-35-21)28-20(29)11-25-22(30)15-5-4-6-16(10-15)26-12-27-24/h4-6,8-10,12,17H,3,7,11,13,24H2,1-2H3,(H,25,30)(H,26,27)(H,28,29). The molecular formula is C23H27N5O7. The number of nitrogens with one attached hydrogen (secondary N) is 3. The largest absolute Gasteiger partial charge is 0.493 e. The van der Waals surface area contributed by atoms with E-state index < -0.39 is 23.8 Å². The molecular weight excluding hydrogens is 458 g/mol. The number of hydrazone groups is 1. The van der Waals surface area contributed by atoms with Crippen molar-refractivity contribution in [3.8, 4) is 17.2 Å². The van der Waals surface area contributed by atoms with Crippen molar-refractivity contribution in [2.45, 2.75) is 19.4 Å². The van der Waals surface area contributed by atoms with Crippen LogP contribution in [0.5, 0.6) is 17.2 Å². The number of hydrogen-bond acceptors (Lipinski definition) is 9. The highest BCUT2D eigenvalue weighted by Crippen LogP contribution is 2.42. The first-order chi connectivity index (χ1) is 16.9. The number of ether oxygens (including phenoxy) is 4. The smallest absolute Gasteiger partial charge is 0.328 e. The predicted octanol–water partition coefficient (Wildman–Crippen LogP) is 0.758. The maximum absolute atomic E-state index is 12.6. The third-order valence-corrected chi connectivity index (χ3v) is 4.90. The van der Waals surface area contributed by atoms with Crippen LogP contribution in [0.1, 0.15) is 22.8 Å². The Morgan fingerprint density at radius 1 is 1.23 bits per heavy atom. The maximum Gasteiger partial charge on any atom is 0.328 e. The number of esters is 1. The second-order valence-electron chi connectivity index (χ2n) is 7.29. The Bertz CT molecular complexity index is 1110. The fourth-order valence-electron chi connectivity index (χ4n) is 3.34. The van der Waals surface area contributed by atoms with Crippen molar-refractivity contribution in [3.63, 3.8) is 0 Å². The third kappa shape index (κ3) is 6.76. The lowest BCUT2D eigenvalue weighted by atomic mass is 10.0. The molecule has 2 aromatic carbocycles. The summed E-state index contributed by atoms with van der Waals surface area (Å²) in [6.07, 6.45) is 1.39. The summed E-state index contributed by atoms with van der Waals surface area (Å²) in [7, 11) is 1.49. The Morgan fingerprint density at radius 2 is 2.06 bits per heavy atom. The van der Waals surface area contributed by atoms with E-state index in [0.29, 0.717) is 34.1 Å². The lowest BCUT2D eigenvalue weighted by Gasteiger charge is -2.18. The predicted molar refractivity (Wildman–Crippen MR) is 126 cm³/mol. The van der Waals surface area contributed by atoms with E-state index in [-0.39, 0.29) is 26.4 Å². The van der Waals surface area contributed by atoms with Gasteiger partial charge in [-0.2, -0.15) is 5.10 Å². The van der Waals surface area contributed by atoms with Gasteiger partial charge in [-0.15, -0.1) is 0 Å². The number of fused-ring (bicyclic) bond motifs is 1. The zero-order valence-electron chi connectivity index (χ0n) is 19.3. The van der Waals surface area contributed by atoms with E-state index in [1.165, 1.54) is 13.4 Å². The number of nitrogens with two attached hydrogens (primary N) is 1. The molecule has 5 N–H and O–H groups in total. The summed E-state index contributed by atoms with van der Waals surface area (Å²) in [5, 5.41) is 11.3. The molecule has 12 nitrogen and oxygen atoms in total. The normalized spacial score (nSPS) is 12.6. The minimum absolute atomic E-state index is 0.0620. The Labute approximate surface area is 201 Å². The zero-order valence-corrected chi connectivity index (χ0v) is 19.3. The number of benzene rings is 2. The number of methoxy groups -OCH3 is 1. The second kappa shape index (κ2) is 12.1. The fourth-order valence-corrected chi connectivity index (χ4v) is 3.34. The van der Waals surface area contributed by atoms with Crippen LogP contribution in [0, 0.1) is 0 Å². The molecule has 0 fully saturated rings. The van der Waals surface area contributed by atoms with Crippen LogP contribution in [0.25, 0.3) is 0 Å². The molecule has 1 aliphatic heterocycles. The number of nitrogens with zero attached hydrogens (tertiary/aromatic N) is 1. The van der Waals surface area contributed by atoms with Gasteiger partial charge < -0.3 is 40.7 Å². The van der Waals surface area contributed by atoms with Crippen LogP contribution in [0.15, 0.2) is 41.5 Å². The first kappa shape index (κ1) is 25.1. The summed E-state index contributed by atoms with van der Waals surface area (Å²) >= 11 is 0. The molecule has 3 rings (SSSR count). The molecule has 2 aromatic rings. The molecule has 0 saturated carbocycles. The van der Waals surface area contributed by atoms with E-state index in [0.717, 1.165) is 0 Å². The molecule has 2 amide bonds. The Balaban J connectivity index is 1.64. The lowest BCUT2D eigenvalue weighted by Crippen LogP contribution is -2.47. The zero-order chi connectivity index (χ0) is 25.2. The summed E-state index contributed by atoms with van der Waals surface area (Å²) in [6.45, 7) is 1.53. The van der Waals surface area contributed by atoms with Crippen LogP contribution < -0.4 is 36.0 Å². The summed E-state index contributed by atoms with van der Waals surface area (Å²) in [5.41, 5.74) is 1.58. The van der Waals surface area contributed by atoms with Crippen LogP contribution in [0.4, 0.5) is 5.69 Å². The monoisotopic (exact) mass is 485 g/mol. The molecule has 0 aromatic heterocycles. The highest BCUT2D eigenvalue weighted by molar-refractivity contribution is 5.98. The van der Waals surface area contributed by atoms with Crippen LogP contribution >= 0.6 is 0 Å². The summed E-state index contributed by atoms with van der Waals surface area (Å²) in [6, 6.07) is 8.96. The fraction of sp³-hybridized carbons (Fsp3) is 0.304. The average Bonchev–Trinajstić information content (AvgIpc) is 3.34. The first-order valence-electron chi connectivity index (χ1n) is 10.7.